The lowest BCUT2D eigenvalue weighted by atomic mass is 9.47. The number of cyclic esters (lactones) is 1. The number of carbonyl (C=O) groups is 1. The van der Waals surface area contributed by atoms with Gasteiger partial charge in [-0.05, 0) is 85.8 Å². The average molecular weight is 412 g/mol. The van der Waals surface area contributed by atoms with Crippen molar-refractivity contribution in [2.45, 2.75) is 72.4 Å². The van der Waals surface area contributed by atoms with E-state index < -0.39 is 6.23 Å². The topological polar surface area (TPSA) is 38.3 Å². The Morgan fingerprint density at radius 1 is 1.23 bits per heavy atom. The van der Waals surface area contributed by atoms with Crippen LogP contribution in [0.15, 0.2) is 47.6 Å². The third-order valence-corrected chi connectivity index (χ3v) is 8.58. The van der Waals surface area contributed by atoms with Gasteiger partial charge in [0.05, 0.1) is 5.69 Å². The van der Waals surface area contributed by atoms with Gasteiger partial charge in [-0.15, -0.1) is 0 Å². The monoisotopic (exact) mass is 411 g/mol. The van der Waals surface area contributed by atoms with Gasteiger partial charge < -0.3 is 10.1 Å². The molecule has 3 aliphatic rings. The number of rotatable bonds is 5. The minimum absolute atomic E-state index is 0.206. The fraction of sp³-hybridized carbons (Fsp3) is 0.577. The standard InChI is InChI=1S/C26H34FNO2/c1-17-8-7-11-22-25(17,3)14-12-18(2)26(22,4)15-13-19-16-23(29)30-24(19)28-21-10-6-5-9-20(21)27/h5-6,8-10,16,18,22,24,28H,7,11-15H2,1-4H3/t18-,22+,24?,25+,26+/m1/s1. The Kier molecular flexibility index (Phi) is 5.54. The van der Waals surface area contributed by atoms with E-state index in [0.717, 1.165) is 24.8 Å². The summed E-state index contributed by atoms with van der Waals surface area (Å²) in [6, 6.07) is 6.51. The van der Waals surface area contributed by atoms with E-state index >= 15 is 0 Å². The Bertz CT molecular complexity index is 891. The summed E-state index contributed by atoms with van der Waals surface area (Å²) in [5.74, 6) is 0.600. The summed E-state index contributed by atoms with van der Waals surface area (Å²) < 4.78 is 19.6. The van der Waals surface area contributed by atoms with Crippen LogP contribution in [-0.4, -0.2) is 12.2 Å². The maximum atomic E-state index is 14.1. The molecule has 4 heteroatoms. The molecular weight excluding hydrogens is 377 g/mol. The number of anilines is 1. The molecule has 0 aromatic heterocycles. The number of allylic oxidation sites excluding steroid dienone is 2. The molecule has 4 rings (SSSR count). The van der Waals surface area contributed by atoms with Crippen LogP contribution in [0.5, 0.6) is 0 Å². The Morgan fingerprint density at radius 3 is 2.77 bits per heavy atom. The van der Waals surface area contributed by atoms with Crippen molar-refractivity contribution >= 4 is 11.7 Å². The van der Waals surface area contributed by atoms with Crippen molar-refractivity contribution in [2.75, 3.05) is 5.32 Å². The van der Waals surface area contributed by atoms with E-state index in [1.54, 1.807) is 29.8 Å². The third kappa shape index (κ3) is 3.59. The number of carbonyl (C=O) groups excluding carboxylic acids is 1. The second-order valence-electron chi connectivity index (χ2n) is 10.0. The SMILES string of the molecule is CC1=CCC[C@@H]2[C@@](C)(CCC3=CC(=O)OC3Nc3ccccc3F)[C@H](C)CC[C@@]12C. The normalized spacial score (nSPS) is 35.9. The molecular formula is C26H34FNO2. The summed E-state index contributed by atoms with van der Waals surface area (Å²) in [6.45, 7) is 9.61. The molecule has 0 bridgehead atoms. The highest BCUT2D eigenvalue weighted by molar-refractivity contribution is 5.86. The van der Waals surface area contributed by atoms with Crippen LogP contribution >= 0.6 is 0 Å². The Morgan fingerprint density at radius 2 is 2.00 bits per heavy atom. The molecule has 0 spiro atoms. The van der Waals surface area contributed by atoms with Gasteiger partial charge in [0.15, 0.2) is 6.23 Å². The number of para-hydroxylation sites is 1. The molecule has 1 fully saturated rings. The largest absolute Gasteiger partial charge is 0.435 e. The first kappa shape index (κ1) is 21.1. The Hall–Kier alpha value is -2.10. The first-order valence-electron chi connectivity index (χ1n) is 11.3. The van der Waals surface area contributed by atoms with E-state index in [2.05, 4.69) is 39.1 Å². The highest BCUT2D eigenvalue weighted by atomic mass is 19.1. The van der Waals surface area contributed by atoms with Gasteiger partial charge >= 0.3 is 5.97 Å². The van der Waals surface area contributed by atoms with Crippen LogP contribution in [0.3, 0.4) is 0 Å². The predicted molar refractivity (Wildman–Crippen MR) is 118 cm³/mol. The molecule has 1 N–H and O–H groups in total. The molecule has 1 aromatic carbocycles. The van der Waals surface area contributed by atoms with Crippen molar-refractivity contribution in [1.29, 1.82) is 0 Å². The van der Waals surface area contributed by atoms with Gasteiger partial charge in [-0.2, -0.15) is 0 Å². The van der Waals surface area contributed by atoms with Crippen molar-refractivity contribution in [1.82, 2.24) is 0 Å². The average Bonchev–Trinajstić information content (AvgIpc) is 3.06. The second kappa shape index (κ2) is 7.86. The Balaban J connectivity index is 1.52. The number of hydrogen-bond acceptors (Lipinski definition) is 3. The van der Waals surface area contributed by atoms with E-state index in [1.807, 2.05) is 0 Å². The van der Waals surface area contributed by atoms with Crippen LogP contribution in [0.1, 0.15) is 66.2 Å². The van der Waals surface area contributed by atoms with E-state index in [9.17, 15) is 9.18 Å². The zero-order chi connectivity index (χ0) is 21.5. The van der Waals surface area contributed by atoms with Crippen LogP contribution < -0.4 is 5.32 Å². The molecule has 1 aromatic rings. The van der Waals surface area contributed by atoms with Crippen LogP contribution in [-0.2, 0) is 9.53 Å². The number of halogens is 1. The molecule has 0 radical (unpaired) electrons. The van der Waals surface area contributed by atoms with Crippen molar-refractivity contribution in [2.24, 2.45) is 22.7 Å². The molecule has 3 nitrogen and oxygen atoms in total. The molecule has 1 unspecified atom stereocenters. The maximum Gasteiger partial charge on any atom is 0.333 e. The molecule has 5 atom stereocenters. The summed E-state index contributed by atoms with van der Waals surface area (Å²) in [5, 5.41) is 3.08. The van der Waals surface area contributed by atoms with Crippen LogP contribution in [0, 0.1) is 28.5 Å². The van der Waals surface area contributed by atoms with Gasteiger partial charge in [0.25, 0.3) is 0 Å². The molecule has 2 aliphatic carbocycles. The molecule has 0 saturated heterocycles. The van der Waals surface area contributed by atoms with E-state index in [0.29, 0.717) is 17.5 Å². The quantitative estimate of drug-likeness (QED) is 0.437. The zero-order valence-electron chi connectivity index (χ0n) is 18.6. The number of hydrogen-bond donors (Lipinski definition) is 1. The smallest absolute Gasteiger partial charge is 0.333 e. The van der Waals surface area contributed by atoms with Crippen LogP contribution in [0.2, 0.25) is 0 Å². The van der Waals surface area contributed by atoms with Crippen molar-refractivity contribution < 1.29 is 13.9 Å². The lowest BCUT2D eigenvalue weighted by Crippen LogP contribution is -2.49. The van der Waals surface area contributed by atoms with Gasteiger partial charge in [-0.25, -0.2) is 9.18 Å². The molecule has 30 heavy (non-hydrogen) atoms. The molecule has 1 heterocycles. The van der Waals surface area contributed by atoms with E-state index in [4.69, 9.17) is 4.74 Å². The lowest BCUT2D eigenvalue weighted by Gasteiger charge is -2.58. The second-order valence-corrected chi connectivity index (χ2v) is 10.0. The summed E-state index contributed by atoms with van der Waals surface area (Å²) in [6.07, 6.45) is 10.1. The number of esters is 1. The summed E-state index contributed by atoms with van der Waals surface area (Å²) in [5.41, 5.74) is 3.32. The first-order valence-corrected chi connectivity index (χ1v) is 11.3. The van der Waals surface area contributed by atoms with Crippen molar-refractivity contribution in [3.05, 3.63) is 53.4 Å². The first-order chi connectivity index (χ1) is 14.2. The predicted octanol–water partition coefficient (Wildman–Crippen LogP) is 6.63. The lowest BCUT2D eigenvalue weighted by molar-refractivity contribution is -0.137. The van der Waals surface area contributed by atoms with Gasteiger partial charge in [0.1, 0.15) is 5.82 Å². The number of nitrogens with one attached hydrogen (secondary N) is 1. The van der Waals surface area contributed by atoms with Gasteiger partial charge in [-0.1, -0.05) is 44.6 Å². The zero-order valence-corrected chi connectivity index (χ0v) is 18.6. The number of fused-ring (bicyclic) bond motifs is 1. The molecule has 0 amide bonds. The highest BCUT2D eigenvalue weighted by Gasteiger charge is 2.53. The van der Waals surface area contributed by atoms with Gasteiger partial charge in [-0.3, -0.25) is 0 Å². The van der Waals surface area contributed by atoms with Gasteiger partial charge in [0, 0.05) is 6.08 Å². The van der Waals surface area contributed by atoms with Crippen molar-refractivity contribution in [3.8, 4) is 0 Å². The fourth-order valence-corrected chi connectivity index (χ4v) is 6.24. The number of benzene rings is 1. The van der Waals surface area contributed by atoms with Crippen LogP contribution in [0.4, 0.5) is 10.1 Å². The third-order valence-electron chi connectivity index (χ3n) is 8.58. The van der Waals surface area contributed by atoms with Gasteiger partial charge in [0.2, 0.25) is 0 Å². The highest BCUT2D eigenvalue weighted by Crippen LogP contribution is 2.62. The summed E-state index contributed by atoms with van der Waals surface area (Å²) in [4.78, 5) is 12.0. The molecule has 1 aliphatic heterocycles. The van der Waals surface area contributed by atoms with Crippen LogP contribution in [0.25, 0.3) is 0 Å². The summed E-state index contributed by atoms with van der Waals surface area (Å²) >= 11 is 0. The van der Waals surface area contributed by atoms with Crippen molar-refractivity contribution in [3.63, 3.8) is 0 Å². The van der Waals surface area contributed by atoms with E-state index in [-0.39, 0.29) is 22.6 Å². The molecule has 162 valence electrons. The Labute approximate surface area is 179 Å². The fourth-order valence-electron chi connectivity index (χ4n) is 6.24. The minimum Gasteiger partial charge on any atom is -0.435 e. The minimum atomic E-state index is -0.587. The number of ether oxygens (including phenoxy) is 1. The summed E-state index contributed by atoms with van der Waals surface area (Å²) in [7, 11) is 0. The van der Waals surface area contributed by atoms with E-state index in [1.165, 1.54) is 25.3 Å². The molecule has 1 saturated carbocycles. The maximum absolute atomic E-state index is 14.1.